The topological polar surface area (TPSA) is 163 Å². The molecule has 0 spiro atoms. The number of nitro benzene ring substituents is 1. The van der Waals surface area contributed by atoms with Crippen LogP contribution in [-0.4, -0.2) is 28.1 Å². The summed E-state index contributed by atoms with van der Waals surface area (Å²) in [6.07, 6.45) is 0. The molecule has 0 aliphatic heterocycles. The van der Waals surface area contributed by atoms with E-state index in [0.717, 1.165) is 23.6 Å². The number of aromatic hydroxyl groups is 2. The smallest absolute Gasteiger partial charge is 0.506 e. The number of nitrogens with zero attached hydrogens (tertiary/aromatic N) is 3. The van der Waals surface area contributed by atoms with Gasteiger partial charge in [-0.25, -0.2) is 0 Å². The van der Waals surface area contributed by atoms with Crippen molar-refractivity contribution >= 4 is 48.7 Å². The summed E-state index contributed by atoms with van der Waals surface area (Å²) in [5.41, 5.74) is -0.492. The van der Waals surface area contributed by atoms with Gasteiger partial charge >= 0.3 is 29.6 Å². The maximum absolute atomic E-state index is 11.7. The van der Waals surface area contributed by atoms with Gasteiger partial charge in [0.25, 0.3) is 15.8 Å². The van der Waals surface area contributed by atoms with Gasteiger partial charge in [0, 0.05) is 34.4 Å². The molecule has 0 fully saturated rings. The van der Waals surface area contributed by atoms with E-state index in [1.54, 1.807) is 30.3 Å². The van der Waals surface area contributed by atoms with Crippen LogP contribution in [0.3, 0.4) is 0 Å². The van der Waals surface area contributed by atoms with Crippen molar-refractivity contribution in [3.8, 4) is 11.5 Å². The number of non-ortho nitro benzene ring substituents is 1. The van der Waals surface area contributed by atoms with Crippen molar-refractivity contribution in [1.29, 1.82) is 0 Å². The molecule has 4 aromatic rings. The maximum Gasteiger partial charge on any atom is 1.00 e. The zero-order chi connectivity index (χ0) is 22.3. The first kappa shape index (κ1) is 23.6. The summed E-state index contributed by atoms with van der Waals surface area (Å²) in [6, 6.07) is 14.2. The van der Waals surface area contributed by atoms with E-state index < -0.39 is 31.4 Å². The number of phenolic OH excluding ortho intramolecular Hbond substituents is 2. The first-order valence-electron chi connectivity index (χ1n) is 8.71. The molecule has 0 bridgehead atoms. The minimum absolute atomic E-state index is 0. The Hall–Kier alpha value is -3.09. The van der Waals surface area contributed by atoms with Gasteiger partial charge in [-0.3, -0.25) is 14.7 Å². The summed E-state index contributed by atoms with van der Waals surface area (Å²) >= 11 is 0. The van der Waals surface area contributed by atoms with Crippen molar-refractivity contribution in [1.82, 2.24) is 0 Å². The van der Waals surface area contributed by atoms with Gasteiger partial charge in [-0.15, -0.1) is 10.2 Å². The van der Waals surface area contributed by atoms with Gasteiger partial charge in [0.2, 0.25) is 0 Å². The third kappa shape index (κ3) is 4.29. The van der Waals surface area contributed by atoms with Crippen molar-refractivity contribution in [2.45, 2.75) is 4.90 Å². The van der Waals surface area contributed by atoms with E-state index in [1.165, 1.54) is 12.1 Å². The number of nitro groups is 1. The number of benzene rings is 4. The molecule has 12 heteroatoms. The van der Waals surface area contributed by atoms with Crippen LogP contribution in [0, 0.1) is 10.1 Å². The van der Waals surface area contributed by atoms with Gasteiger partial charge in [0.1, 0.15) is 27.8 Å². The van der Waals surface area contributed by atoms with Crippen LogP contribution in [0.15, 0.2) is 75.8 Å². The fourth-order valence-corrected chi connectivity index (χ4v) is 3.94. The maximum atomic E-state index is 11.7. The van der Waals surface area contributed by atoms with Gasteiger partial charge in [-0.05, 0) is 17.5 Å². The fraction of sp³-hybridized carbons (Fsp3) is 0. The summed E-state index contributed by atoms with van der Waals surface area (Å²) in [6.45, 7) is 0. The third-order valence-electron chi connectivity index (χ3n) is 4.65. The molecule has 0 heterocycles. The molecular formula is C20H13N3NaO7S+. The number of hydrogen-bond acceptors (Lipinski definition) is 8. The van der Waals surface area contributed by atoms with E-state index in [0.29, 0.717) is 5.39 Å². The van der Waals surface area contributed by atoms with Crippen LogP contribution in [0.5, 0.6) is 11.5 Å². The second kappa shape index (κ2) is 8.81. The van der Waals surface area contributed by atoms with Crippen molar-refractivity contribution in [2.75, 3.05) is 0 Å². The molecule has 0 radical (unpaired) electrons. The minimum Gasteiger partial charge on any atom is -0.506 e. The van der Waals surface area contributed by atoms with Crippen molar-refractivity contribution in [3.63, 3.8) is 0 Å². The van der Waals surface area contributed by atoms with E-state index in [2.05, 4.69) is 10.2 Å². The first-order valence-corrected chi connectivity index (χ1v) is 10.1. The normalized spacial score (nSPS) is 11.7. The number of phenols is 2. The monoisotopic (exact) mass is 462 g/mol. The van der Waals surface area contributed by atoms with Crippen molar-refractivity contribution < 1.29 is 57.7 Å². The molecule has 3 N–H and O–H groups in total. The predicted molar refractivity (Wildman–Crippen MR) is 112 cm³/mol. The summed E-state index contributed by atoms with van der Waals surface area (Å²) in [5, 5.41) is 40.8. The van der Waals surface area contributed by atoms with Crippen LogP contribution in [0.4, 0.5) is 17.1 Å². The van der Waals surface area contributed by atoms with Crippen molar-refractivity contribution in [2.24, 2.45) is 10.2 Å². The molecule has 0 aliphatic carbocycles. The summed E-state index contributed by atoms with van der Waals surface area (Å²) < 4.78 is 33.0. The molecule has 10 nitrogen and oxygen atoms in total. The molecule has 4 aromatic carbocycles. The molecule has 0 saturated heterocycles. The number of azo groups is 1. The predicted octanol–water partition coefficient (Wildman–Crippen LogP) is 1.98. The molecule has 0 aliphatic rings. The van der Waals surface area contributed by atoms with Gasteiger partial charge in [-0.2, -0.15) is 8.42 Å². The molecule has 0 atom stereocenters. The Balaban J connectivity index is 0.00000289. The molecular weight excluding hydrogens is 449 g/mol. The second-order valence-electron chi connectivity index (χ2n) is 6.56. The SMILES string of the molecule is O=[N+]([O-])c1ccc2c(N=Nc3c(O)ccc4ccccc34)c(O)cc(S(=O)(=O)O)c2c1.[Na+]. The average Bonchev–Trinajstić information content (AvgIpc) is 2.72. The zero-order valence-corrected chi connectivity index (χ0v) is 19.3. The van der Waals surface area contributed by atoms with Crippen LogP contribution in [0.1, 0.15) is 0 Å². The second-order valence-corrected chi connectivity index (χ2v) is 7.95. The van der Waals surface area contributed by atoms with Gasteiger partial charge in [0.05, 0.1) is 4.92 Å². The summed E-state index contributed by atoms with van der Waals surface area (Å²) in [5.74, 6) is -0.797. The Bertz CT molecular complexity index is 1520. The van der Waals surface area contributed by atoms with Crippen LogP contribution in [0.25, 0.3) is 21.5 Å². The molecule has 0 saturated carbocycles. The minimum atomic E-state index is -4.81. The summed E-state index contributed by atoms with van der Waals surface area (Å²) in [4.78, 5) is 9.67. The van der Waals surface area contributed by atoms with E-state index >= 15 is 0 Å². The molecule has 0 aromatic heterocycles. The third-order valence-corrected chi connectivity index (χ3v) is 5.55. The summed E-state index contributed by atoms with van der Waals surface area (Å²) in [7, 11) is -4.81. The number of hydrogen-bond donors (Lipinski definition) is 3. The molecule has 4 rings (SSSR count). The number of rotatable bonds is 4. The van der Waals surface area contributed by atoms with Crippen LogP contribution in [-0.2, 0) is 10.1 Å². The van der Waals surface area contributed by atoms with Crippen LogP contribution >= 0.6 is 0 Å². The van der Waals surface area contributed by atoms with Gasteiger partial charge < -0.3 is 10.2 Å². The molecule has 0 unspecified atom stereocenters. The Morgan fingerprint density at radius 1 is 0.812 bits per heavy atom. The molecule has 156 valence electrons. The Morgan fingerprint density at radius 3 is 2.12 bits per heavy atom. The standard InChI is InChI=1S/C20H13N3O7S.Na/c24-16-8-5-11-3-1-2-4-13(11)19(16)21-22-20-14-7-6-12(23(26)27)9-15(14)18(10-17(20)25)31(28,29)30;/h1-10,24-25H,(H,28,29,30);/q;+1. The van der Waals surface area contributed by atoms with E-state index in [1.807, 2.05) is 0 Å². The Labute approximate surface area is 203 Å². The van der Waals surface area contributed by atoms with Gasteiger partial charge in [0.15, 0.2) is 0 Å². The Morgan fingerprint density at radius 2 is 1.47 bits per heavy atom. The van der Waals surface area contributed by atoms with E-state index in [4.69, 9.17) is 0 Å². The van der Waals surface area contributed by atoms with E-state index in [-0.39, 0.29) is 57.5 Å². The van der Waals surface area contributed by atoms with Gasteiger partial charge in [-0.1, -0.05) is 30.3 Å². The quantitative estimate of drug-likeness (QED) is 0.137. The van der Waals surface area contributed by atoms with Crippen molar-refractivity contribution in [3.05, 3.63) is 70.8 Å². The zero-order valence-electron chi connectivity index (χ0n) is 16.5. The first-order chi connectivity index (χ1) is 14.7. The largest absolute Gasteiger partial charge is 1.00 e. The van der Waals surface area contributed by atoms with E-state index in [9.17, 15) is 33.3 Å². The van der Waals surface area contributed by atoms with Crippen LogP contribution < -0.4 is 29.6 Å². The fourth-order valence-electron chi connectivity index (χ4n) is 3.23. The Kier molecular flexibility index (Phi) is 6.49. The van der Waals surface area contributed by atoms with Crippen LogP contribution in [0.2, 0.25) is 0 Å². The number of fused-ring (bicyclic) bond motifs is 2. The average molecular weight is 462 g/mol. The molecule has 0 amide bonds. The molecule has 32 heavy (non-hydrogen) atoms.